The molecule has 3 N–H and O–H groups in total. The Labute approximate surface area is 206 Å². The number of H-pyrrole nitrogens is 1. The van der Waals surface area contributed by atoms with Crippen molar-refractivity contribution in [3.05, 3.63) is 43.9 Å². The van der Waals surface area contributed by atoms with Crippen molar-refractivity contribution in [1.82, 2.24) is 20.0 Å². The number of ether oxygens (including phenoxy) is 1. The van der Waals surface area contributed by atoms with Gasteiger partial charge in [0.15, 0.2) is 3.95 Å². The summed E-state index contributed by atoms with van der Waals surface area (Å²) in [7, 11) is 0. The number of benzene rings is 1. The van der Waals surface area contributed by atoms with E-state index in [0.717, 1.165) is 50.6 Å². The number of nitrogens with two attached hydrogens (primary N) is 1. The van der Waals surface area contributed by atoms with Gasteiger partial charge in [-0.3, -0.25) is 5.10 Å². The summed E-state index contributed by atoms with van der Waals surface area (Å²) in [6.07, 6.45) is 1.46. The number of esters is 1. The fourth-order valence-electron chi connectivity index (χ4n) is 3.04. The Hall–Kier alpha value is -2.26. The number of nitrogens with one attached hydrogen (secondary N) is 1. The molecule has 11 nitrogen and oxygen atoms in total. The summed E-state index contributed by atoms with van der Waals surface area (Å²) in [6.45, 7) is 6.03. The molecule has 1 aromatic carbocycles. The number of hydrogen-bond acceptors (Lipinski definition) is 12. The van der Waals surface area contributed by atoms with E-state index < -0.39 is 5.09 Å². The first-order valence-electron chi connectivity index (χ1n) is 10.3. The van der Waals surface area contributed by atoms with Crippen LogP contribution < -0.4 is 5.73 Å². The fraction of sp³-hybridized carbons (Fsp3) is 0.526. The summed E-state index contributed by atoms with van der Waals surface area (Å²) in [4.78, 5) is 31.7. The van der Waals surface area contributed by atoms with E-state index in [9.17, 15) is 14.9 Å². The number of aromatic amines is 1. The molecule has 0 unspecified atom stereocenters. The van der Waals surface area contributed by atoms with Crippen molar-refractivity contribution in [2.75, 3.05) is 58.2 Å². The highest BCUT2D eigenvalue weighted by atomic mass is 32.1. The summed E-state index contributed by atoms with van der Waals surface area (Å²) < 4.78 is 5.92. The molecule has 0 radical (unpaired) electrons. The van der Waals surface area contributed by atoms with Gasteiger partial charge in [-0.25, -0.2) is 4.79 Å². The lowest BCUT2D eigenvalue weighted by atomic mass is 10.2. The van der Waals surface area contributed by atoms with E-state index in [-0.39, 0.29) is 12.6 Å². The maximum Gasteiger partial charge on any atom is 0.338 e. The van der Waals surface area contributed by atoms with Crippen LogP contribution in [-0.4, -0.2) is 83.5 Å². The minimum atomic E-state index is -0.750. The van der Waals surface area contributed by atoms with Crippen molar-refractivity contribution < 1.29 is 19.5 Å². The number of nitrogen functional groups attached to an aromatic ring is 1. The van der Waals surface area contributed by atoms with Crippen molar-refractivity contribution in [2.24, 2.45) is 0 Å². The van der Waals surface area contributed by atoms with Crippen LogP contribution in [0.25, 0.3) is 0 Å². The van der Waals surface area contributed by atoms with Gasteiger partial charge < -0.3 is 25.1 Å². The van der Waals surface area contributed by atoms with Gasteiger partial charge in [-0.2, -0.15) is 0 Å². The molecule has 33 heavy (non-hydrogen) atoms. The summed E-state index contributed by atoms with van der Waals surface area (Å²) in [6, 6.07) is 6.95. The topological polar surface area (TPSA) is 140 Å². The molecule has 14 heteroatoms. The Balaban J connectivity index is 0.000000468. The smallest absolute Gasteiger partial charge is 0.338 e. The first kappa shape index (κ1) is 27.0. The highest BCUT2D eigenvalue weighted by molar-refractivity contribution is 7.80. The van der Waals surface area contributed by atoms with E-state index >= 15 is 0 Å². The molecule has 0 spiro atoms. The van der Waals surface area contributed by atoms with Crippen LogP contribution in [0.5, 0.6) is 0 Å². The number of piperazine rings is 1. The standard InChI is InChI=1S/C17H25N3O5S.C2H3N3S2/c21-17(15-3-5-16(26)6-4-15)24-13-1-7-18-9-11-19(12-10-18)8-2-14-25-20(22)23;3-1-4-5-2(6)7-1/h3-6,26H,1-2,7-14H2;(H2,3,4)(H,5,6). The Kier molecular flexibility index (Phi) is 12.1. The van der Waals surface area contributed by atoms with E-state index in [0.29, 0.717) is 27.7 Å². The molecule has 1 aromatic heterocycles. The largest absolute Gasteiger partial charge is 0.462 e. The number of hydrogen-bond donors (Lipinski definition) is 3. The van der Waals surface area contributed by atoms with Crippen LogP contribution in [0.3, 0.4) is 0 Å². The molecule has 2 heterocycles. The van der Waals surface area contributed by atoms with Crippen LogP contribution in [0.2, 0.25) is 0 Å². The first-order chi connectivity index (χ1) is 15.8. The zero-order chi connectivity index (χ0) is 24.1. The molecular formula is C19H28N6O5S3. The molecule has 2 aromatic rings. The van der Waals surface area contributed by atoms with Gasteiger partial charge in [0.25, 0.3) is 5.09 Å². The van der Waals surface area contributed by atoms with Gasteiger partial charge in [0.1, 0.15) is 0 Å². The average Bonchev–Trinajstić information content (AvgIpc) is 3.18. The molecule has 1 saturated heterocycles. The summed E-state index contributed by atoms with van der Waals surface area (Å²) in [5.74, 6) is -0.305. The number of anilines is 1. The number of rotatable bonds is 10. The van der Waals surface area contributed by atoms with Crippen LogP contribution >= 0.6 is 36.2 Å². The van der Waals surface area contributed by atoms with E-state index in [1.807, 2.05) is 0 Å². The fourth-order valence-corrected chi connectivity index (χ4v) is 3.86. The Morgan fingerprint density at radius 2 is 1.76 bits per heavy atom. The van der Waals surface area contributed by atoms with Crippen LogP contribution in [-0.2, 0) is 9.57 Å². The Morgan fingerprint density at radius 1 is 1.18 bits per heavy atom. The predicted octanol–water partition coefficient (Wildman–Crippen LogP) is 2.52. The molecule has 182 valence electrons. The minimum absolute atomic E-state index is 0.148. The number of aromatic nitrogens is 2. The van der Waals surface area contributed by atoms with Crippen LogP contribution in [0, 0.1) is 14.1 Å². The van der Waals surface area contributed by atoms with Crippen LogP contribution in [0.1, 0.15) is 23.2 Å². The Morgan fingerprint density at radius 3 is 2.21 bits per heavy atom. The zero-order valence-corrected chi connectivity index (χ0v) is 20.6. The normalized spacial score (nSPS) is 14.2. The van der Waals surface area contributed by atoms with Gasteiger partial charge in [-0.1, -0.05) is 11.3 Å². The highest BCUT2D eigenvalue weighted by Crippen LogP contribution is 2.09. The number of thiol groups is 1. The average molecular weight is 517 g/mol. The van der Waals surface area contributed by atoms with Gasteiger partial charge in [0.2, 0.25) is 5.13 Å². The summed E-state index contributed by atoms with van der Waals surface area (Å²) in [5, 5.41) is 15.9. The summed E-state index contributed by atoms with van der Waals surface area (Å²) >= 11 is 10.1. The van der Waals surface area contributed by atoms with Crippen molar-refractivity contribution in [3.8, 4) is 0 Å². The van der Waals surface area contributed by atoms with E-state index in [2.05, 4.69) is 49.7 Å². The van der Waals surface area contributed by atoms with Crippen molar-refractivity contribution in [3.63, 3.8) is 0 Å². The third kappa shape index (κ3) is 11.4. The molecule has 1 fully saturated rings. The third-order valence-corrected chi connectivity index (χ3v) is 5.91. The van der Waals surface area contributed by atoms with Gasteiger partial charge in [-0.15, -0.1) is 27.8 Å². The predicted molar refractivity (Wildman–Crippen MR) is 131 cm³/mol. The SMILES string of the molecule is Nc1n[nH]c(=S)s1.O=C(OCCCN1CCN(CCCO[N+](=O)[O-])CC1)c1ccc(S)cc1. The molecule has 0 saturated carbocycles. The quantitative estimate of drug-likeness (QED) is 0.108. The van der Waals surface area contributed by atoms with Crippen molar-refractivity contribution >= 4 is 47.3 Å². The van der Waals surface area contributed by atoms with E-state index in [1.54, 1.807) is 24.3 Å². The summed E-state index contributed by atoms with van der Waals surface area (Å²) in [5.41, 5.74) is 5.73. The Bertz CT molecular complexity index is 915. The van der Waals surface area contributed by atoms with E-state index in [1.165, 1.54) is 11.3 Å². The second-order valence-electron chi connectivity index (χ2n) is 7.08. The zero-order valence-electron chi connectivity index (χ0n) is 18.1. The van der Waals surface area contributed by atoms with Gasteiger partial charge in [0.05, 0.1) is 18.8 Å². The molecule has 1 aliphatic rings. The van der Waals surface area contributed by atoms with Gasteiger partial charge in [0, 0.05) is 44.2 Å². The third-order valence-electron chi connectivity index (χ3n) is 4.69. The maximum absolute atomic E-state index is 11.9. The molecule has 0 atom stereocenters. The monoisotopic (exact) mass is 516 g/mol. The second-order valence-corrected chi connectivity index (χ2v) is 9.30. The minimum Gasteiger partial charge on any atom is -0.462 e. The second kappa shape index (κ2) is 14.8. The lowest BCUT2D eigenvalue weighted by molar-refractivity contribution is -0.757. The van der Waals surface area contributed by atoms with Gasteiger partial charge in [-0.05, 0) is 49.3 Å². The molecular weight excluding hydrogens is 488 g/mol. The number of carbonyl (C=O) groups excluding carboxylic acids is 1. The lowest BCUT2D eigenvalue weighted by Crippen LogP contribution is -2.47. The number of carbonyl (C=O) groups is 1. The molecule has 3 rings (SSSR count). The van der Waals surface area contributed by atoms with Crippen LogP contribution in [0.15, 0.2) is 29.2 Å². The van der Waals surface area contributed by atoms with E-state index in [4.69, 9.17) is 10.5 Å². The molecule has 0 amide bonds. The highest BCUT2D eigenvalue weighted by Gasteiger charge is 2.16. The van der Waals surface area contributed by atoms with Gasteiger partial charge >= 0.3 is 5.97 Å². The number of nitrogens with zero attached hydrogens (tertiary/aromatic N) is 4. The first-order valence-corrected chi connectivity index (χ1v) is 12.0. The molecule has 0 bridgehead atoms. The van der Waals surface area contributed by atoms with Crippen molar-refractivity contribution in [2.45, 2.75) is 17.7 Å². The molecule has 0 aliphatic carbocycles. The maximum atomic E-state index is 11.9. The van der Waals surface area contributed by atoms with Crippen LogP contribution in [0.4, 0.5) is 5.13 Å². The van der Waals surface area contributed by atoms with Crippen molar-refractivity contribution in [1.29, 1.82) is 0 Å². The molecule has 1 aliphatic heterocycles. The lowest BCUT2D eigenvalue weighted by Gasteiger charge is -2.34.